The van der Waals surface area contributed by atoms with Gasteiger partial charge in [-0.3, -0.25) is 9.78 Å². The van der Waals surface area contributed by atoms with Crippen molar-refractivity contribution in [3.05, 3.63) is 59.6 Å². The third kappa shape index (κ3) is 3.14. The average Bonchev–Trinajstić information content (AvgIpc) is 3.04. The molecule has 1 amide bonds. The van der Waals surface area contributed by atoms with Gasteiger partial charge in [0.25, 0.3) is 5.91 Å². The van der Waals surface area contributed by atoms with Gasteiger partial charge in [0, 0.05) is 23.2 Å². The van der Waals surface area contributed by atoms with E-state index in [-0.39, 0.29) is 5.91 Å². The normalized spacial score (nSPS) is 10.8. The third-order valence-corrected chi connectivity index (χ3v) is 3.52. The standard InChI is InChI=1S/C17H17N3O2/c1-12-7-8-14-5-2-6-15(16(14)20-12)17(21)18-9-3-4-13-10-19-22-11-13/h2,5-8,10-11H,3-4,9H2,1H3,(H,18,21). The minimum absolute atomic E-state index is 0.0889. The molecule has 0 fully saturated rings. The van der Waals surface area contributed by atoms with Crippen molar-refractivity contribution in [2.45, 2.75) is 19.8 Å². The van der Waals surface area contributed by atoms with E-state index in [1.807, 2.05) is 37.3 Å². The van der Waals surface area contributed by atoms with Crippen LogP contribution in [0.3, 0.4) is 0 Å². The van der Waals surface area contributed by atoms with Crippen molar-refractivity contribution in [1.82, 2.24) is 15.5 Å². The Morgan fingerprint density at radius 3 is 3.00 bits per heavy atom. The first-order valence-electron chi connectivity index (χ1n) is 7.27. The fourth-order valence-corrected chi connectivity index (χ4v) is 2.37. The van der Waals surface area contributed by atoms with Gasteiger partial charge >= 0.3 is 0 Å². The number of hydrogen-bond donors (Lipinski definition) is 1. The monoisotopic (exact) mass is 295 g/mol. The molecule has 0 unspecified atom stereocenters. The van der Waals surface area contributed by atoms with Gasteiger partial charge in [-0.05, 0) is 31.9 Å². The number of aryl methyl sites for hydroxylation is 2. The average molecular weight is 295 g/mol. The van der Waals surface area contributed by atoms with Gasteiger partial charge in [0.05, 0.1) is 17.3 Å². The first-order chi connectivity index (χ1) is 10.7. The molecular formula is C17H17N3O2. The van der Waals surface area contributed by atoms with E-state index < -0.39 is 0 Å². The Labute approximate surface area is 128 Å². The number of pyridine rings is 1. The Balaban J connectivity index is 1.66. The lowest BCUT2D eigenvalue weighted by Crippen LogP contribution is -2.25. The van der Waals surface area contributed by atoms with Gasteiger partial charge < -0.3 is 9.84 Å². The summed E-state index contributed by atoms with van der Waals surface area (Å²) in [7, 11) is 0. The molecular weight excluding hydrogens is 278 g/mol. The Morgan fingerprint density at radius 1 is 1.27 bits per heavy atom. The highest BCUT2D eigenvalue weighted by Gasteiger charge is 2.10. The first kappa shape index (κ1) is 14.3. The van der Waals surface area contributed by atoms with Crippen LogP contribution in [0.15, 0.2) is 47.3 Å². The molecule has 3 aromatic rings. The van der Waals surface area contributed by atoms with Crippen LogP contribution in [0.1, 0.15) is 28.0 Å². The van der Waals surface area contributed by atoms with Gasteiger partial charge in [-0.1, -0.05) is 23.4 Å². The minimum atomic E-state index is -0.0889. The summed E-state index contributed by atoms with van der Waals surface area (Å²) in [6, 6.07) is 9.59. The zero-order valence-electron chi connectivity index (χ0n) is 12.4. The molecule has 0 aliphatic heterocycles. The van der Waals surface area contributed by atoms with Gasteiger partial charge in [-0.15, -0.1) is 0 Å². The molecule has 0 saturated heterocycles. The summed E-state index contributed by atoms with van der Waals surface area (Å²) in [6.45, 7) is 2.53. The van der Waals surface area contributed by atoms with Gasteiger partial charge in [0.2, 0.25) is 0 Å². The maximum atomic E-state index is 12.3. The minimum Gasteiger partial charge on any atom is -0.364 e. The molecule has 0 spiro atoms. The van der Waals surface area contributed by atoms with Crippen LogP contribution < -0.4 is 5.32 Å². The van der Waals surface area contributed by atoms with E-state index in [1.54, 1.807) is 12.5 Å². The van der Waals surface area contributed by atoms with Crippen LogP contribution in [0.5, 0.6) is 0 Å². The van der Waals surface area contributed by atoms with Crippen LogP contribution in [0.4, 0.5) is 0 Å². The van der Waals surface area contributed by atoms with E-state index in [0.717, 1.165) is 35.0 Å². The molecule has 5 heteroatoms. The molecule has 0 aliphatic carbocycles. The van der Waals surface area contributed by atoms with E-state index in [0.29, 0.717) is 12.1 Å². The molecule has 3 rings (SSSR count). The Kier molecular flexibility index (Phi) is 4.14. The van der Waals surface area contributed by atoms with Crippen LogP contribution in [0.25, 0.3) is 10.9 Å². The van der Waals surface area contributed by atoms with Crippen LogP contribution in [0.2, 0.25) is 0 Å². The molecule has 0 saturated carbocycles. The predicted octanol–water partition coefficient (Wildman–Crippen LogP) is 2.89. The number of benzene rings is 1. The van der Waals surface area contributed by atoms with Gasteiger partial charge in [-0.25, -0.2) is 0 Å². The summed E-state index contributed by atoms with van der Waals surface area (Å²) in [5, 5.41) is 7.57. The van der Waals surface area contributed by atoms with E-state index in [2.05, 4.69) is 15.5 Å². The summed E-state index contributed by atoms with van der Waals surface area (Å²) < 4.78 is 4.78. The smallest absolute Gasteiger partial charge is 0.253 e. The quantitative estimate of drug-likeness (QED) is 0.735. The predicted molar refractivity (Wildman–Crippen MR) is 83.6 cm³/mol. The van der Waals surface area contributed by atoms with Crippen molar-refractivity contribution in [1.29, 1.82) is 0 Å². The van der Waals surface area contributed by atoms with E-state index in [4.69, 9.17) is 4.52 Å². The second kappa shape index (κ2) is 6.39. The zero-order chi connectivity index (χ0) is 15.4. The second-order valence-electron chi connectivity index (χ2n) is 5.22. The summed E-state index contributed by atoms with van der Waals surface area (Å²) >= 11 is 0. The van der Waals surface area contributed by atoms with Crippen LogP contribution in [-0.2, 0) is 6.42 Å². The van der Waals surface area contributed by atoms with Crippen LogP contribution in [-0.4, -0.2) is 22.6 Å². The van der Waals surface area contributed by atoms with Crippen molar-refractivity contribution >= 4 is 16.8 Å². The number of fused-ring (bicyclic) bond motifs is 1. The maximum absolute atomic E-state index is 12.3. The van der Waals surface area contributed by atoms with E-state index >= 15 is 0 Å². The van der Waals surface area contributed by atoms with Crippen molar-refractivity contribution in [3.8, 4) is 0 Å². The SMILES string of the molecule is Cc1ccc2cccc(C(=O)NCCCc3cnoc3)c2n1. The van der Waals surface area contributed by atoms with Crippen molar-refractivity contribution in [3.63, 3.8) is 0 Å². The van der Waals surface area contributed by atoms with Crippen molar-refractivity contribution in [2.75, 3.05) is 6.54 Å². The highest BCUT2D eigenvalue weighted by atomic mass is 16.5. The highest BCUT2D eigenvalue weighted by Crippen LogP contribution is 2.17. The second-order valence-corrected chi connectivity index (χ2v) is 5.22. The number of rotatable bonds is 5. The summed E-state index contributed by atoms with van der Waals surface area (Å²) in [4.78, 5) is 16.8. The Morgan fingerprint density at radius 2 is 2.18 bits per heavy atom. The number of amides is 1. The number of hydrogen-bond acceptors (Lipinski definition) is 4. The van der Waals surface area contributed by atoms with Gasteiger partial charge in [-0.2, -0.15) is 0 Å². The topological polar surface area (TPSA) is 68.0 Å². The fourth-order valence-electron chi connectivity index (χ4n) is 2.37. The van der Waals surface area contributed by atoms with Crippen molar-refractivity contribution < 1.29 is 9.32 Å². The lowest BCUT2D eigenvalue weighted by atomic mass is 10.1. The Hall–Kier alpha value is -2.69. The molecule has 2 aromatic heterocycles. The zero-order valence-corrected chi connectivity index (χ0v) is 12.4. The molecule has 112 valence electrons. The number of nitrogens with one attached hydrogen (secondary N) is 1. The van der Waals surface area contributed by atoms with Gasteiger partial charge in [0.15, 0.2) is 0 Å². The number of carbonyl (C=O) groups excluding carboxylic acids is 1. The molecule has 0 aliphatic rings. The molecule has 0 bridgehead atoms. The third-order valence-electron chi connectivity index (χ3n) is 3.52. The molecule has 0 radical (unpaired) electrons. The van der Waals surface area contributed by atoms with E-state index in [1.165, 1.54) is 0 Å². The van der Waals surface area contributed by atoms with Crippen LogP contribution >= 0.6 is 0 Å². The number of nitrogens with zero attached hydrogens (tertiary/aromatic N) is 2. The first-order valence-corrected chi connectivity index (χ1v) is 7.27. The molecule has 2 heterocycles. The van der Waals surface area contributed by atoms with E-state index in [9.17, 15) is 4.79 Å². The fraction of sp³-hybridized carbons (Fsp3) is 0.235. The number of aromatic nitrogens is 2. The lowest BCUT2D eigenvalue weighted by Gasteiger charge is -2.08. The maximum Gasteiger partial charge on any atom is 0.253 e. The summed E-state index contributed by atoms with van der Waals surface area (Å²) in [5.74, 6) is -0.0889. The molecule has 1 N–H and O–H groups in total. The number of carbonyl (C=O) groups is 1. The summed E-state index contributed by atoms with van der Waals surface area (Å²) in [6.07, 6.45) is 4.99. The molecule has 1 aromatic carbocycles. The summed E-state index contributed by atoms with van der Waals surface area (Å²) in [5.41, 5.74) is 3.31. The molecule has 0 atom stereocenters. The van der Waals surface area contributed by atoms with Crippen molar-refractivity contribution in [2.24, 2.45) is 0 Å². The Bertz CT molecular complexity index is 782. The van der Waals surface area contributed by atoms with Crippen LogP contribution in [0, 0.1) is 6.92 Å². The molecule has 22 heavy (non-hydrogen) atoms. The lowest BCUT2D eigenvalue weighted by molar-refractivity contribution is 0.0954. The molecule has 5 nitrogen and oxygen atoms in total. The van der Waals surface area contributed by atoms with Gasteiger partial charge in [0.1, 0.15) is 6.26 Å². The largest absolute Gasteiger partial charge is 0.364 e. The number of para-hydroxylation sites is 1. The highest BCUT2D eigenvalue weighted by molar-refractivity contribution is 6.05.